The van der Waals surface area contributed by atoms with E-state index < -0.39 is 0 Å². The largest absolute Gasteiger partial charge is 0.493 e. The van der Waals surface area contributed by atoms with E-state index in [2.05, 4.69) is 33.5 Å². The van der Waals surface area contributed by atoms with Crippen LogP contribution in [0.15, 0.2) is 30.6 Å². The lowest BCUT2D eigenvalue weighted by atomic mass is 9.90. The Balaban J connectivity index is 2.05. The van der Waals surface area contributed by atoms with Gasteiger partial charge in [0.1, 0.15) is 11.6 Å². The maximum absolute atomic E-state index is 5.93. The average Bonchev–Trinajstić information content (AvgIpc) is 2.48. The van der Waals surface area contributed by atoms with Crippen LogP contribution in [0.3, 0.4) is 0 Å². The smallest absolute Gasteiger partial charge is 0.130 e. The molecule has 1 atom stereocenters. The highest BCUT2D eigenvalue weighted by Crippen LogP contribution is 2.40. The number of rotatable bonds is 3. The summed E-state index contributed by atoms with van der Waals surface area (Å²) in [6.45, 7) is 3.64. The zero-order valence-corrected chi connectivity index (χ0v) is 11.9. The van der Waals surface area contributed by atoms with Gasteiger partial charge in [0.05, 0.1) is 6.61 Å². The predicted octanol–water partition coefficient (Wildman–Crippen LogP) is 2.54. The highest BCUT2D eigenvalue weighted by Gasteiger charge is 2.23. The Hall–Kier alpha value is -1.94. The number of aryl methyl sites for hydroxylation is 1. The van der Waals surface area contributed by atoms with Crippen LogP contribution in [-0.2, 0) is 0 Å². The van der Waals surface area contributed by atoms with E-state index in [4.69, 9.17) is 4.74 Å². The molecular formula is C16H19N3O. The van der Waals surface area contributed by atoms with E-state index in [9.17, 15) is 0 Å². The van der Waals surface area contributed by atoms with Crippen molar-refractivity contribution in [2.24, 2.45) is 0 Å². The fraction of sp³-hybridized carbons (Fsp3) is 0.375. The molecule has 4 nitrogen and oxygen atoms in total. The minimum Gasteiger partial charge on any atom is -0.493 e. The molecule has 4 heteroatoms. The lowest BCUT2D eigenvalue weighted by Crippen LogP contribution is -2.23. The fourth-order valence-electron chi connectivity index (χ4n) is 2.71. The first-order valence-electron chi connectivity index (χ1n) is 6.99. The average molecular weight is 269 g/mol. The number of likely N-dealkylation sites (N-methyl/N-ethyl adjacent to an activating group) is 1. The molecule has 3 rings (SSSR count). The van der Waals surface area contributed by atoms with Gasteiger partial charge in [-0.1, -0.05) is 18.2 Å². The van der Waals surface area contributed by atoms with Crippen LogP contribution in [-0.4, -0.2) is 30.2 Å². The normalized spacial score (nSPS) is 17.4. The number of para-hydroxylation sites is 1. The molecular weight excluding hydrogens is 250 g/mol. The molecule has 0 saturated carbocycles. The summed E-state index contributed by atoms with van der Waals surface area (Å²) < 4.78 is 5.93. The van der Waals surface area contributed by atoms with Gasteiger partial charge in [-0.05, 0) is 26.0 Å². The summed E-state index contributed by atoms with van der Waals surface area (Å²) in [5, 5.41) is 3.26. The molecule has 1 N–H and O–H groups in total. The highest BCUT2D eigenvalue weighted by atomic mass is 16.5. The first-order chi connectivity index (χ1) is 9.79. The van der Waals surface area contributed by atoms with Crippen LogP contribution in [0.5, 0.6) is 5.75 Å². The van der Waals surface area contributed by atoms with Crippen molar-refractivity contribution in [3.63, 3.8) is 0 Å². The van der Waals surface area contributed by atoms with E-state index in [1.807, 2.05) is 26.4 Å². The number of nitrogens with zero attached hydrogens (tertiary/aromatic N) is 2. The fourth-order valence-corrected chi connectivity index (χ4v) is 2.71. The van der Waals surface area contributed by atoms with E-state index >= 15 is 0 Å². The second-order valence-corrected chi connectivity index (χ2v) is 5.13. The van der Waals surface area contributed by atoms with Crippen LogP contribution < -0.4 is 10.1 Å². The quantitative estimate of drug-likeness (QED) is 0.930. The summed E-state index contributed by atoms with van der Waals surface area (Å²) in [7, 11) is 1.99. The van der Waals surface area contributed by atoms with E-state index in [-0.39, 0.29) is 0 Å². The van der Waals surface area contributed by atoms with Crippen LogP contribution in [0, 0.1) is 6.92 Å². The van der Waals surface area contributed by atoms with Gasteiger partial charge in [-0.15, -0.1) is 0 Å². The third kappa shape index (κ3) is 2.39. The van der Waals surface area contributed by atoms with Crippen molar-refractivity contribution in [3.8, 4) is 16.9 Å². The van der Waals surface area contributed by atoms with Gasteiger partial charge in [-0.3, -0.25) is 0 Å². The number of aromatic nitrogens is 2. The third-order valence-electron chi connectivity index (χ3n) is 3.74. The van der Waals surface area contributed by atoms with Crippen molar-refractivity contribution >= 4 is 0 Å². The molecule has 0 unspecified atom stereocenters. The Kier molecular flexibility index (Phi) is 3.65. The Morgan fingerprint density at radius 3 is 2.85 bits per heavy atom. The van der Waals surface area contributed by atoms with Gasteiger partial charge >= 0.3 is 0 Å². The van der Waals surface area contributed by atoms with Crippen LogP contribution in [0.25, 0.3) is 11.1 Å². The number of nitrogens with one attached hydrogen (secondary N) is 1. The number of ether oxygens (including phenoxy) is 1. The van der Waals surface area contributed by atoms with Gasteiger partial charge < -0.3 is 10.1 Å². The van der Waals surface area contributed by atoms with E-state index in [1.54, 1.807) is 0 Å². The molecule has 2 aromatic rings. The number of benzene rings is 1. The lowest BCUT2D eigenvalue weighted by Gasteiger charge is -2.27. The Morgan fingerprint density at radius 1 is 1.30 bits per heavy atom. The Morgan fingerprint density at radius 2 is 2.10 bits per heavy atom. The van der Waals surface area contributed by atoms with Crippen LogP contribution in [0.1, 0.15) is 23.7 Å². The second kappa shape index (κ2) is 5.59. The second-order valence-electron chi connectivity index (χ2n) is 5.13. The number of hydrogen-bond donors (Lipinski definition) is 1. The molecule has 104 valence electrons. The topological polar surface area (TPSA) is 47.0 Å². The molecule has 0 aliphatic carbocycles. The minimum absolute atomic E-state index is 0.509. The van der Waals surface area contributed by atoms with E-state index in [0.717, 1.165) is 42.3 Å². The summed E-state index contributed by atoms with van der Waals surface area (Å²) in [6.07, 6.45) is 4.79. The molecule has 1 aliphatic rings. The van der Waals surface area contributed by atoms with Crippen molar-refractivity contribution in [1.29, 1.82) is 0 Å². The molecule has 20 heavy (non-hydrogen) atoms. The predicted molar refractivity (Wildman–Crippen MR) is 79.0 cm³/mol. The number of hydrogen-bond acceptors (Lipinski definition) is 4. The van der Waals surface area contributed by atoms with Gasteiger partial charge in [0.15, 0.2) is 0 Å². The first-order valence-corrected chi connectivity index (χ1v) is 6.99. The monoisotopic (exact) mass is 269 g/mol. The van der Waals surface area contributed by atoms with Gasteiger partial charge in [-0.25, -0.2) is 9.97 Å². The SMILES string of the molecule is CNC[C@@H]1CCOc2c(-c3cnc(C)nc3)cccc21. The van der Waals surface area contributed by atoms with Crippen molar-refractivity contribution in [1.82, 2.24) is 15.3 Å². The third-order valence-corrected chi connectivity index (χ3v) is 3.74. The maximum Gasteiger partial charge on any atom is 0.130 e. The van der Waals surface area contributed by atoms with Crippen molar-refractivity contribution in [2.75, 3.05) is 20.2 Å². The van der Waals surface area contributed by atoms with Crippen molar-refractivity contribution in [3.05, 3.63) is 42.0 Å². The van der Waals surface area contributed by atoms with E-state index in [0.29, 0.717) is 5.92 Å². The van der Waals surface area contributed by atoms with Gasteiger partial charge in [0.2, 0.25) is 0 Å². The maximum atomic E-state index is 5.93. The zero-order valence-electron chi connectivity index (χ0n) is 11.9. The summed E-state index contributed by atoms with van der Waals surface area (Å²) in [5.74, 6) is 2.29. The van der Waals surface area contributed by atoms with Crippen LogP contribution in [0.4, 0.5) is 0 Å². The van der Waals surface area contributed by atoms with Gasteiger partial charge in [0, 0.05) is 36.0 Å². The van der Waals surface area contributed by atoms with Crippen LogP contribution in [0.2, 0.25) is 0 Å². The van der Waals surface area contributed by atoms with Crippen LogP contribution >= 0.6 is 0 Å². The Bertz CT molecular complexity index is 595. The Labute approximate surface area is 119 Å². The zero-order chi connectivity index (χ0) is 13.9. The highest BCUT2D eigenvalue weighted by molar-refractivity contribution is 5.71. The van der Waals surface area contributed by atoms with Crippen molar-refractivity contribution in [2.45, 2.75) is 19.3 Å². The summed E-state index contributed by atoms with van der Waals surface area (Å²) in [6, 6.07) is 6.33. The molecule has 0 bridgehead atoms. The molecule has 2 heterocycles. The lowest BCUT2D eigenvalue weighted by molar-refractivity contribution is 0.267. The molecule has 0 fully saturated rings. The van der Waals surface area contributed by atoms with E-state index in [1.165, 1.54) is 5.56 Å². The number of fused-ring (bicyclic) bond motifs is 1. The molecule has 0 radical (unpaired) electrons. The summed E-state index contributed by atoms with van der Waals surface area (Å²) in [5.41, 5.74) is 3.38. The van der Waals surface area contributed by atoms with Gasteiger partial charge in [0.25, 0.3) is 0 Å². The standard InChI is InChI=1S/C16H19N3O/c1-11-18-9-13(10-19-11)15-5-3-4-14-12(8-17-2)6-7-20-16(14)15/h3-5,9-10,12,17H,6-8H2,1-2H3/t12-/m0/s1. The van der Waals surface area contributed by atoms with Crippen molar-refractivity contribution < 1.29 is 4.74 Å². The molecule has 0 amide bonds. The molecule has 1 aliphatic heterocycles. The summed E-state index contributed by atoms with van der Waals surface area (Å²) >= 11 is 0. The first kappa shape index (κ1) is 13.1. The minimum atomic E-state index is 0.509. The molecule has 0 saturated heterocycles. The summed E-state index contributed by atoms with van der Waals surface area (Å²) in [4.78, 5) is 8.56. The molecule has 1 aromatic heterocycles. The molecule has 1 aromatic carbocycles. The molecule has 0 spiro atoms. The van der Waals surface area contributed by atoms with Gasteiger partial charge in [-0.2, -0.15) is 0 Å².